The maximum atomic E-state index is 12.5. The maximum Gasteiger partial charge on any atom is 0.255 e. The van der Waals surface area contributed by atoms with Crippen molar-refractivity contribution in [2.24, 2.45) is 0 Å². The molecule has 7 heteroatoms. The third-order valence-electron chi connectivity index (χ3n) is 4.53. The Labute approximate surface area is 191 Å². The fourth-order valence-corrected chi connectivity index (χ4v) is 3.90. The van der Waals surface area contributed by atoms with Gasteiger partial charge in [-0.2, -0.15) is 0 Å². The fourth-order valence-electron chi connectivity index (χ4n) is 2.77. The summed E-state index contributed by atoms with van der Waals surface area (Å²) >= 11 is 7.53. The first-order valence-corrected chi connectivity index (χ1v) is 10.9. The molecule has 0 heterocycles. The molecule has 3 aromatic rings. The molecule has 1 unspecified atom stereocenters. The van der Waals surface area contributed by atoms with Gasteiger partial charge in [0.25, 0.3) is 5.91 Å². The standard InChI is InChI=1S/C24H23ClN2O3S/c1-15-4-6-17(7-5-15)24(29)26-18-8-11-20(12-9-18)31-16(2)23(28)27-19-10-13-22(30-3)21(25)14-19/h4-14,16H,1-3H3,(H,26,29)(H,27,28). The van der Waals surface area contributed by atoms with E-state index in [9.17, 15) is 9.59 Å². The molecule has 0 bridgehead atoms. The Morgan fingerprint density at radius 2 is 1.58 bits per heavy atom. The van der Waals surface area contributed by atoms with Crippen molar-refractivity contribution >= 4 is 46.6 Å². The van der Waals surface area contributed by atoms with Crippen LogP contribution in [0.4, 0.5) is 11.4 Å². The molecule has 5 nitrogen and oxygen atoms in total. The van der Waals surface area contributed by atoms with Crippen LogP contribution in [0, 0.1) is 6.92 Å². The van der Waals surface area contributed by atoms with Gasteiger partial charge in [0.2, 0.25) is 5.91 Å². The van der Waals surface area contributed by atoms with E-state index in [0.717, 1.165) is 10.5 Å². The average molecular weight is 455 g/mol. The summed E-state index contributed by atoms with van der Waals surface area (Å²) in [6.07, 6.45) is 0. The van der Waals surface area contributed by atoms with Crippen LogP contribution in [0.3, 0.4) is 0 Å². The lowest BCUT2D eigenvalue weighted by molar-refractivity contribution is -0.115. The SMILES string of the molecule is COc1ccc(NC(=O)C(C)Sc2ccc(NC(=O)c3ccc(C)cc3)cc2)cc1Cl. The van der Waals surface area contributed by atoms with E-state index >= 15 is 0 Å². The fraction of sp³-hybridized carbons (Fsp3) is 0.167. The normalized spacial score (nSPS) is 11.5. The van der Waals surface area contributed by atoms with Gasteiger partial charge >= 0.3 is 0 Å². The highest BCUT2D eigenvalue weighted by Gasteiger charge is 2.15. The van der Waals surface area contributed by atoms with Gasteiger partial charge in [-0.05, 0) is 68.4 Å². The van der Waals surface area contributed by atoms with E-state index in [2.05, 4.69) is 10.6 Å². The minimum atomic E-state index is -0.325. The highest BCUT2D eigenvalue weighted by atomic mass is 35.5. The molecule has 0 aromatic heterocycles. The zero-order valence-electron chi connectivity index (χ0n) is 17.4. The van der Waals surface area contributed by atoms with Gasteiger partial charge in [0.15, 0.2) is 0 Å². The van der Waals surface area contributed by atoms with E-state index in [0.29, 0.717) is 27.7 Å². The summed E-state index contributed by atoms with van der Waals surface area (Å²) in [4.78, 5) is 25.8. The highest BCUT2D eigenvalue weighted by molar-refractivity contribution is 8.00. The van der Waals surface area contributed by atoms with Crippen molar-refractivity contribution in [3.63, 3.8) is 0 Å². The average Bonchev–Trinajstić information content (AvgIpc) is 2.75. The molecule has 0 aliphatic rings. The number of hydrogen-bond donors (Lipinski definition) is 2. The molecule has 0 fully saturated rings. The quantitative estimate of drug-likeness (QED) is 0.428. The number of carbonyl (C=O) groups is 2. The summed E-state index contributed by atoms with van der Waals surface area (Å²) in [5.41, 5.74) is 3.01. The molecule has 0 saturated carbocycles. The van der Waals surface area contributed by atoms with E-state index in [1.807, 2.05) is 50.2 Å². The van der Waals surface area contributed by atoms with Crippen molar-refractivity contribution in [2.45, 2.75) is 24.0 Å². The van der Waals surface area contributed by atoms with E-state index < -0.39 is 0 Å². The molecule has 0 spiro atoms. The van der Waals surface area contributed by atoms with E-state index in [-0.39, 0.29) is 17.1 Å². The number of halogens is 1. The summed E-state index contributed by atoms with van der Waals surface area (Å²) in [7, 11) is 1.54. The van der Waals surface area contributed by atoms with E-state index in [1.54, 1.807) is 30.3 Å². The number of aryl methyl sites for hydroxylation is 1. The number of carbonyl (C=O) groups excluding carboxylic acids is 2. The number of nitrogens with one attached hydrogen (secondary N) is 2. The molecule has 31 heavy (non-hydrogen) atoms. The Balaban J connectivity index is 1.56. The summed E-state index contributed by atoms with van der Waals surface area (Å²) in [6.45, 7) is 3.81. The molecule has 3 rings (SSSR count). The van der Waals surface area contributed by atoms with Gasteiger partial charge in [-0.15, -0.1) is 11.8 Å². The Hall–Kier alpha value is -2.96. The Kier molecular flexibility index (Phi) is 7.60. The van der Waals surface area contributed by atoms with Crippen LogP contribution < -0.4 is 15.4 Å². The minimum Gasteiger partial charge on any atom is -0.495 e. The molecule has 2 amide bonds. The smallest absolute Gasteiger partial charge is 0.255 e. The Morgan fingerprint density at radius 3 is 2.19 bits per heavy atom. The molecular weight excluding hydrogens is 432 g/mol. The van der Waals surface area contributed by atoms with Gasteiger partial charge in [0.1, 0.15) is 5.75 Å². The number of methoxy groups -OCH3 is 1. The van der Waals surface area contributed by atoms with Crippen LogP contribution in [0.15, 0.2) is 71.6 Å². The number of hydrogen-bond acceptors (Lipinski definition) is 4. The van der Waals surface area contributed by atoms with E-state index in [4.69, 9.17) is 16.3 Å². The van der Waals surface area contributed by atoms with Crippen molar-refractivity contribution in [3.8, 4) is 5.75 Å². The van der Waals surface area contributed by atoms with E-state index in [1.165, 1.54) is 18.9 Å². The van der Waals surface area contributed by atoms with Gasteiger partial charge in [0, 0.05) is 21.8 Å². The number of thioether (sulfide) groups is 1. The lowest BCUT2D eigenvalue weighted by Crippen LogP contribution is -2.22. The predicted octanol–water partition coefficient (Wildman–Crippen LogP) is 6.03. The van der Waals surface area contributed by atoms with Crippen LogP contribution in [0.1, 0.15) is 22.8 Å². The number of benzene rings is 3. The third-order valence-corrected chi connectivity index (χ3v) is 5.93. The monoisotopic (exact) mass is 454 g/mol. The van der Waals surface area contributed by atoms with Gasteiger partial charge < -0.3 is 15.4 Å². The van der Waals surface area contributed by atoms with Crippen molar-refractivity contribution in [3.05, 3.63) is 82.9 Å². The van der Waals surface area contributed by atoms with Crippen molar-refractivity contribution in [1.82, 2.24) is 0 Å². The summed E-state index contributed by atoms with van der Waals surface area (Å²) in [6, 6.07) is 19.9. The second-order valence-electron chi connectivity index (χ2n) is 6.94. The first-order valence-electron chi connectivity index (χ1n) is 9.65. The minimum absolute atomic E-state index is 0.136. The molecule has 0 radical (unpaired) electrons. The summed E-state index contributed by atoms with van der Waals surface area (Å²) < 4.78 is 5.12. The number of rotatable bonds is 7. The van der Waals surface area contributed by atoms with Crippen LogP contribution in [-0.2, 0) is 4.79 Å². The van der Waals surface area contributed by atoms with Crippen LogP contribution in [-0.4, -0.2) is 24.2 Å². The van der Waals surface area contributed by atoms with Crippen LogP contribution in [0.25, 0.3) is 0 Å². The maximum absolute atomic E-state index is 12.5. The number of ether oxygens (including phenoxy) is 1. The van der Waals surface area contributed by atoms with Crippen molar-refractivity contribution < 1.29 is 14.3 Å². The molecule has 0 aliphatic carbocycles. The summed E-state index contributed by atoms with van der Waals surface area (Å²) in [5.74, 6) is 0.255. The lowest BCUT2D eigenvalue weighted by Gasteiger charge is -2.13. The zero-order chi connectivity index (χ0) is 22.4. The highest BCUT2D eigenvalue weighted by Crippen LogP contribution is 2.29. The molecule has 2 N–H and O–H groups in total. The van der Waals surface area contributed by atoms with Gasteiger partial charge in [0.05, 0.1) is 17.4 Å². The first kappa shape index (κ1) is 22.7. The number of amides is 2. The number of anilines is 2. The molecule has 0 aliphatic heterocycles. The molecular formula is C24H23ClN2O3S. The summed E-state index contributed by atoms with van der Waals surface area (Å²) in [5, 5.41) is 5.84. The largest absolute Gasteiger partial charge is 0.495 e. The molecule has 160 valence electrons. The predicted molar refractivity (Wildman–Crippen MR) is 128 cm³/mol. The third kappa shape index (κ3) is 6.26. The Morgan fingerprint density at radius 1 is 0.935 bits per heavy atom. The zero-order valence-corrected chi connectivity index (χ0v) is 19.0. The lowest BCUT2D eigenvalue weighted by atomic mass is 10.1. The second-order valence-corrected chi connectivity index (χ2v) is 8.76. The molecule has 3 aromatic carbocycles. The first-order chi connectivity index (χ1) is 14.9. The van der Waals surface area contributed by atoms with Crippen LogP contribution >= 0.6 is 23.4 Å². The molecule has 1 atom stereocenters. The topological polar surface area (TPSA) is 67.4 Å². The Bertz CT molecular complexity index is 1070. The van der Waals surface area contributed by atoms with Gasteiger partial charge in [-0.25, -0.2) is 0 Å². The van der Waals surface area contributed by atoms with Crippen molar-refractivity contribution in [1.29, 1.82) is 0 Å². The van der Waals surface area contributed by atoms with Crippen LogP contribution in [0.5, 0.6) is 5.75 Å². The van der Waals surface area contributed by atoms with Crippen molar-refractivity contribution in [2.75, 3.05) is 17.7 Å². The van der Waals surface area contributed by atoms with Gasteiger partial charge in [-0.3, -0.25) is 9.59 Å². The second kappa shape index (κ2) is 10.4. The molecule has 0 saturated heterocycles. The van der Waals surface area contributed by atoms with Gasteiger partial charge in [-0.1, -0.05) is 29.3 Å². The van der Waals surface area contributed by atoms with Crippen LogP contribution in [0.2, 0.25) is 5.02 Å².